The molecule has 0 N–H and O–H groups in total. The fraction of sp³-hybridized carbons (Fsp3) is 0.0741. The van der Waals surface area contributed by atoms with Crippen molar-refractivity contribution in [3.8, 4) is 0 Å². The molecule has 2 heterocycles. The normalized spacial score (nSPS) is 18.7. The monoisotopic (exact) mass is 433 g/mol. The summed E-state index contributed by atoms with van der Waals surface area (Å²) in [5.41, 5.74) is 3.81. The van der Waals surface area contributed by atoms with Crippen molar-refractivity contribution >= 4 is 17.3 Å². The van der Waals surface area contributed by atoms with Gasteiger partial charge in [0.1, 0.15) is 11.7 Å². The quantitative estimate of drug-likeness (QED) is 0.388. The first-order valence-corrected chi connectivity index (χ1v) is 10.6. The van der Waals surface area contributed by atoms with Gasteiger partial charge in [-0.05, 0) is 61.9 Å². The average Bonchev–Trinajstić information content (AvgIpc) is 3.39. The summed E-state index contributed by atoms with van der Waals surface area (Å²) in [6.45, 7) is 2.05. The fourth-order valence-corrected chi connectivity index (χ4v) is 4.06. The van der Waals surface area contributed by atoms with E-state index in [0.717, 1.165) is 40.0 Å². The molecule has 1 aliphatic heterocycles. The second kappa shape index (κ2) is 8.98. The van der Waals surface area contributed by atoms with Crippen molar-refractivity contribution in [1.82, 2.24) is 4.98 Å². The predicted octanol–water partition coefficient (Wildman–Crippen LogP) is 5.60. The number of pyridine rings is 1. The van der Waals surface area contributed by atoms with Crippen LogP contribution in [0.15, 0.2) is 89.7 Å². The molecule has 1 aliphatic carbocycles. The second-order valence-electron chi connectivity index (χ2n) is 7.81. The van der Waals surface area contributed by atoms with Crippen molar-refractivity contribution in [3.05, 3.63) is 143 Å². The first-order valence-electron chi connectivity index (χ1n) is 10.6. The molecule has 6 heteroatoms. The first kappa shape index (κ1) is 21.1. The van der Waals surface area contributed by atoms with Gasteiger partial charge >= 0.3 is 0 Å². The van der Waals surface area contributed by atoms with Gasteiger partial charge < -0.3 is 0 Å². The summed E-state index contributed by atoms with van der Waals surface area (Å²) < 4.78 is 0. The van der Waals surface area contributed by atoms with Crippen molar-refractivity contribution in [2.45, 2.75) is 13.0 Å². The Morgan fingerprint density at radius 3 is 2.48 bits per heavy atom. The molecule has 5 radical (unpaired) electrons. The number of benzene rings is 2. The largest absolute Gasteiger partial charge is 0.282 e. The van der Waals surface area contributed by atoms with E-state index in [2.05, 4.69) is 22.9 Å². The molecule has 0 saturated heterocycles. The standard InChI is InChI=1S/C27H21N4O2/c1-19-9-2-5-14-23(19)27-29-24(21-12-8-13-22(17-21)31(32)33)18-25(20-10-3-4-11-20)30(27)26-15-6-7-16-28-26/h2-18,24H,1H3. The third kappa shape index (κ3) is 4.16. The van der Waals surface area contributed by atoms with Crippen LogP contribution in [0, 0.1) is 48.6 Å². The fourth-order valence-electron chi connectivity index (χ4n) is 4.06. The summed E-state index contributed by atoms with van der Waals surface area (Å²) in [4.78, 5) is 22.8. The Morgan fingerprint density at radius 2 is 1.76 bits per heavy atom. The highest BCUT2D eigenvalue weighted by atomic mass is 16.6. The average molecular weight is 433 g/mol. The molecule has 0 bridgehead atoms. The lowest BCUT2D eigenvalue weighted by Crippen LogP contribution is -2.37. The third-order valence-electron chi connectivity index (χ3n) is 5.68. The topological polar surface area (TPSA) is 71.6 Å². The summed E-state index contributed by atoms with van der Waals surface area (Å²) in [6.07, 6.45) is 11.9. The van der Waals surface area contributed by atoms with Gasteiger partial charge in [-0.3, -0.25) is 20.0 Å². The number of hydrogen-bond donors (Lipinski definition) is 0. The van der Waals surface area contributed by atoms with E-state index in [-0.39, 0.29) is 16.7 Å². The van der Waals surface area contributed by atoms with E-state index in [1.165, 1.54) is 6.07 Å². The van der Waals surface area contributed by atoms with Crippen LogP contribution < -0.4 is 4.90 Å². The number of anilines is 1. The number of aromatic nitrogens is 1. The van der Waals surface area contributed by atoms with Crippen LogP contribution in [0.5, 0.6) is 0 Å². The van der Waals surface area contributed by atoms with Gasteiger partial charge in [-0.25, -0.2) is 4.98 Å². The number of rotatable bonds is 5. The van der Waals surface area contributed by atoms with Gasteiger partial charge in [0.25, 0.3) is 5.69 Å². The number of aliphatic imine (C=N–C) groups is 1. The van der Waals surface area contributed by atoms with E-state index < -0.39 is 0 Å². The lowest BCUT2D eigenvalue weighted by Gasteiger charge is -2.36. The van der Waals surface area contributed by atoms with Crippen LogP contribution in [0.2, 0.25) is 0 Å². The number of aryl methyl sites for hydroxylation is 1. The Kier molecular flexibility index (Phi) is 5.73. The van der Waals surface area contributed by atoms with Crippen molar-refractivity contribution in [2.24, 2.45) is 4.99 Å². The van der Waals surface area contributed by atoms with E-state index in [0.29, 0.717) is 0 Å². The minimum atomic E-state index is -0.385. The maximum absolute atomic E-state index is 11.4. The van der Waals surface area contributed by atoms with Crippen LogP contribution >= 0.6 is 0 Å². The van der Waals surface area contributed by atoms with E-state index in [9.17, 15) is 10.1 Å². The molecule has 3 aromatic rings. The highest BCUT2D eigenvalue weighted by Crippen LogP contribution is 2.41. The van der Waals surface area contributed by atoms with Crippen LogP contribution in [0.3, 0.4) is 0 Å². The first-order chi connectivity index (χ1) is 16.1. The van der Waals surface area contributed by atoms with Gasteiger partial charge in [0.2, 0.25) is 0 Å². The lowest BCUT2D eigenvalue weighted by molar-refractivity contribution is -0.384. The van der Waals surface area contributed by atoms with Crippen LogP contribution in [0.4, 0.5) is 11.5 Å². The van der Waals surface area contributed by atoms with Gasteiger partial charge in [0.15, 0.2) is 0 Å². The molecule has 1 aromatic heterocycles. The minimum Gasteiger partial charge on any atom is -0.282 e. The van der Waals surface area contributed by atoms with Crippen LogP contribution in [-0.4, -0.2) is 15.7 Å². The number of allylic oxidation sites excluding steroid dienone is 1. The summed E-state index contributed by atoms with van der Waals surface area (Å²) in [5.74, 6) is 2.53. The molecule has 0 amide bonds. The van der Waals surface area contributed by atoms with E-state index in [1.807, 2.05) is 74.2 Å². The Hall–Kier alpha value is -3.80. The molecule has 1 unspecified atom stereocenters. The van der Waals surface area contributed by atoms with Crippen molar-refractivity contribution in [2.75, 3.05) is 4.90 Å². The molecule has 1 atom stereocenters. The molecule has 2 aromatic carbocycles. The van der Waals surface area contributed by atoms with E-state index >= 15 is 0 Å². The highest BCUT2D eigenvalue weighted by Gasteiger charge is 2.34. The number of nitro benzene ring substituents is 1. The molecule has 1 fully saturated rings. The van der Waals surface area contributed by atoms with Crippen molar-refractivity contribution < 1.29 is 4.92 Å². The van der Waals surface area contributed by atoms with Crippen LogP contribution in [0.1, 0.15) is 22.7 Å². The van der Waals surface area contributed by atoms with Crippen molar-refractivity contribution in [1.29, 1.82) is 0 Å². The Bertz CT molecular complexity index is 1230. The second-order valence-corrected chi connectivity index (χ2v) is 7.81. The maximum Gasteiger partial charge on any atom is 0.269 e. The molecular formula is C27H21N4O2. The predicted molar refractivity (Wildman–Crippen MR) is 129 cm³/mol. The number of amidine groups is 1. The number of nitrogens with zero attached hydrogens (tertiary/aromatic N) is 4. The van der Waals surface area contributed by atoms with Gasteiger partial charge in [-0.2, -0.15) is 0 Å². The van der Waals surface area contributed by atoms with Crippen LogP contribution in [0.25, 0.3) is 0 Å². The Balaban J connectivity index is 1.71. The molecule has 33 heavy (non-hydrogen) atoms. The third-order valence-corrected chi connectivity index (χ3v) is 5.68. The number of hydrogen-bond acceptors (Lipinski definition) is 5. The van der Waals surface area contributed by atoms with Gasteiger partial charge in [0, 0.05) is 35.5 Å². The van der Waals surface area contributed by atoms with Crippen molar-refractivity contribution in [3.63, 3.8) is 0 Å². The summed E-state index contributed by atoms with van der Waals surface area (Å²) in [7, 11) is 0. The SMILES string of the molecule is Cc1ccccc1C1=NC(c2cccc([N+](=O)[O-])c2)C=C([C]2[CH][CH][CH][CH]2)N1c1ccccn1. The number of non-ortho nitro benzene ring substituents is 1. The van der Waals surface area contributed by atoms with Gasteiger partial charge in [-0.15, -0.1) is 0 Å². The molecule has 161 valence electrons. The summed E-state index contributed by atoms with van der Waals surface area (Å²) in [5, 5.41) is 11.4. The van der Waals surface area contributed by atoms with E-state index in [1.54, 1.807) is 18.3 Å². The summed E-state index contributed by atoms with van der Waals surface area (Å²) >= 11 is 0. The molecule has 2 aliphatic rings. The zero-order valence-corrected chi connectivity index (χ0v) is 18.0. The molecule has 5 rings (SSSR count). The molecule has 0 spiro atoms. The van der Waals surface area contributed by atoms with Gasteiger partial charge in [0.05, 0.1) is 11.0 Å². The maximum atomic E-state index is 11.4. The summed E-state index contributed by atoms with van der Waals surface area (Å²) in [6, 6.07) is 20.2. The Labute approximate surface area is 193 Å². The molecule has 6 nitrogen and oxygen atoms in total. The zero-order chi connectivity index (χ0) is 22.8. The zero-order valence-electron chi connectivity index (χ0n) is 18.0. The Morgan fingerprint density at radius 1 is 0.970 bits per heavy atom. The van der Waals surface area contributed by atoms with Crippen LogP contribution in [-0.2, 0) is 0 Å². The minimum absolute atomic E-state index is 0.0514. The lowest BCUT2D eigenvalue weighted by atomic mass is 9.94. The molecule has 1 saturated carbocycles. The smallest absolute Gasteiger partial charge is 0.269 e. The van der Waals surface area contributed by atoms with Gasteiger partial charge in [-0.1, -0.05) is 42.5 Å². The number of nitro groups is 1. The highest BCUT2D eigenvalue weighted by molar-refractivity contribution is 6.13. The molecular weight excluding hydrogens is 412 g/mol. The van der Waals surface area contributed by atoms with E-state index in [4.69, 9.17) is 4.99 Å².